The number of pyridine rings is 1. The fourth-order valence-corrected chi connectivity index (χ4v) is 2.39. The molecule has 2 fully saturated rings. The molecule has 3 rings (SSSR count). The van der Waals surface area contributed by atoms with Gasteiger partial charge < -0.3 is 15.0 Å². The van der Waals surface area contributed by atoms with E-state index in [9.17, 15) is 4.39 Å². The molecule has 1 N–H and O–H groups in total. The van der Waals surface area contributed by atoms with Gasteiger partial charge in [0.05, 0.1) is 6.61 Å². The van der Waals surface area contributed by atoms with E-state index in [4.69, 9.17) is 4.74 Å². The molecular weight excluding hydrogens is 257 g/mol. The van der Waals surface area contributed by atoms with Crippen LogP contribution >= 0.6 is 0 Å². The lowest BCUT2D eigenvalue weighted by Gasteiger charge is -2.24. The highest BCUT2D eigenvalue weighted by Crippen LogP contribution is 2.32. The van der Waals surface area contributed by atoms with Gasteiger partial charge in [0.2, 0.25) is 0 Å². The first-order valence-corrected chi connectivity index (χ1v) is 7.42. The van der Waals surface area contributed by atoms with E-state index >= 15 is 0 Å². The Bertz CT molecular complexity index is 460. The normalized spacial score (nSPS) is 18.3. The molecule has 0 radical (unpaired) electrons. The Kier molecular flexibility index (Phi) is 4.17. The summed E-state index contributed by atoms with van der Waals surface area (Å²) in [5.74, 6) is 0.309. The maximum Gasteiger partial charge on any atom is 0.170 e. The average Bonchev–Trinajstić information content (AvgIpc) is 3.33. The maximum absolute atomic E-state index is 14.6. The van der Waals surface area contributed by atoms with E-state index in [1.54, 1.807) is 19.4 Å². The second-order valence-electron chi connectivity index (χ2n) is 5.68. The van der Waals surface area contributed by atoms with Crippen LogP contribution in [0.25, 0.3) is 0 Å². The number of anilines is 1. The van der Waals surface area contributed by atoms with Crippen LogP contribution in [0.15, 0.2) is 12.3 Å². The molecule has 2 aliphatic carbocycles. The Labute approximate surface area is 119 Å². The molecule has 1 heterocycles. The van der Waals surface area contributed by atoms with Crippen molar-refractivity contribution in [2.45, 2.75) is 44.3 Å². The summed E-state index contributed by atoms with van der Waals surface area (Å²) in [5.41, 5.74) is 0.713. The number of aromatic nitrogens is 1. The van der Waals surface area contributed by atoms with Crippen molar-refractivity contribution in [3.8, 4) is 0 Å². The minimum absolute atomic E-state index is 0.177. The number of nitrogens with zero attached hydrogens (tertiary/aromatic N) is 2. The van der Waals surface area contributed by atoms with Crippen molar-refractivity contribution >= 4 is 5.82 Å². The van der Waals surface area contributed by atoms with Gasteiger partial charge in [-0.25, -0.2) is 9.37 Å². The number of ether oxygens (including phenoxy) is 1. The molecule has 0 atom stereocenters. The zero-order valence-corrected chi connectivity index (χ0v) is 11.9. The standard InChI is InChI=1S/C15H22FN3O/c1-20-9-8-19(13-4-5-13)15-14(16)11(6-7-17-15)10-18-12-2-3-12/h6-7,12-13,18H,2-5,8-10H2,1H3. The molecule has 1 aromatic heterocycles. The number of nitrogens with one attached hydrogen (secondary N) is 1. The van der Waals surface area contributed by atoms with E-state index in [0.717, 1.165) is 12.8 Å². The quantitative estimate of drug-likeness (QED) is 0.790. The van der Waals surface area contributed by atoms with Gasteiger partial charge in [-0.15, -0.1) is 0 Å². The van der Waals surface area contributed by atoms with Crippen molar-refractivity contribution in [1.82, 2.24) is 10.3 Å². The van der Waals surface area contributed by atoms with Gasteiger partial charge >= 0.3 is 0 Å². The first-order valence-electron chi connectivity index (χ1n) is 7.42. The van der Waals surface area contributed by atoms with Crippen LogP contribution < -0.4 is 10.2 Å². The van der Waals surface area contributed by atoms with Crippen LogP contribution in [-0.2, 0) is 11.3 Å². The van der Waals surface area contributed by atoms with Gasteiger partial charge in [-0.05, 0) is 31.7 Å². The van der Waals surface area contributed by atoms with E-state index < -0.39 is 0 Å². The number of rotatable bonds is 8. The third kappa shape index (κ3) is 3.27. The highest BCUT2D eigenvalue weighted by atomic mass is 19.1. The van der Waals surface area contributed by atoms with Crippen molar-refractivity contribution in [2.75, 3.05) is 25.2 Å². The summed E-state index contributed by atoms with van der Waals surface area (Å²) < 4.78 is 19.7. The number of hydrogen-bond donors (Lipinski definition) is 1. The molecule has 0 aromatic carbocycles. The molecule has 4 nitrogen and oxygen atoms in total. The Balaban J connectivity index is 1.73. The van der Waals surface area contributed by atoms with E-state index in [1.807, 2.05) is 0 Å². The Morgan fingerprint density at radius 1 is 1.40 bits per heavy atom. The van der Waals surface area contributed by atoms with Crippen LogP contribution in [0.1, 0.15) is 31.2 Å². The van der Waals surface area contributed by atoms with Crippen molar-refractivity contribution in [3.63, 3.8) is 0 Å². The number of hydrogen-bond acceptors (Lipinski definition) is 4. The van der Waals surface area contributed by atoms with Crippen molar-refractivity contribution in [1.29, 1.82) is 0 Å². The summed E-state index contributed by atoms with van der Waals surface area (Å²) in [6.07, 6.45) is 6.37. The van der Waals surface area contributed by atoms with Gasteiger partial charge in [-0.2, -0.15) is 0 Å². The summed E-state index contributed by atoms with van der Waals surface area (Å²) in [5, 5.41) is 3.36. The Morgan fingerprint density at radius 3 is 2.85 bits per heavy atom. The molecule has 0 spiro atoms. The Morgan fingerprint density at radius 2 is 2.20 bits per heavy atom. The fourth-order valence-electron chi connectivity index (χ4n) is 2.39. The van der Waals surface area contributed by atoms with Gasteiger partial charge in [0.25, 0.3) is 0 Å². The van der Waals surface area contributed by atoms with Gasteiger partial charge in [0.1, 0.15) is 0 Å². The fraction of sp³-hybridized carbons (Fsp3) is 0.667. The van der Waals surface area contributed by atoms with Crippen LogP contribution in [0.2, 0.25) is 0 Å². The topological polar surface area (TPSA) is 37.4 Å². The van der Waals surface area contributed by atoms with E-state index in [0.29, 0.717) is 43.2 Å². The van der Waals surface area contributed by atoms with Crippen LogP contribution in [0.5, 0.6) is 0 Å². The van der Waals surface area contributed by atoms with Gasteiger partial charge in [-0.1, -0.05) is 0 Å². The smallest absolute Gasteiger partial charge is 0.170 e. The maximum atomic E-state index is 14.6. The lowest BCUT2D eigenvalue weighted by molar-refractivity contribution is 0.204. The molecule has 0 amide bonds. The lowest BCUT2D eigenvalue weighted by atomic mass is 10.2. The third-order valence-electron chi connectivity index (χ3n) is 3.91. The predicted octanol–water partition coefficient (Wildman–Crippen LogP) is 2.09. The second-order valence-corrected chi connectivity index (χ2v) is 5.68. The zero-order chi connectivity index (χ0) is 13.9. The van der Waals surface area contributed by atoms with Crippen molar-refractivity contribution < 1.29 is 9.13 Å². The molecule has 110 valence electrons. The zero-order valence-electron chi connectivity index (χ0n) is 11.9. The number of halogens is 1. The molecule has 1 aromatic rings. The Hall–Kier alpha value is -1.20. The molecule has 0 bridgehead atoms. The lowest BCUT2D eigenvalue weighted by Crippen LogP contribution is -2.31. The van der Waals surface area contributed by atoms with E-state index in [2.05, 4.69) is 15.2 Å². The molecule has 5 heteroatoms. The first-order chi connectivity index (χ1) is 9.79. The largest absolute Gasteiger partial charge is 0.383 e. The first kappa shape index (κ1) is 13.8. The highest BCUT2D eigenvalue weighted by Gasteiger charge is 2.32. The van der Waals surface area contributed by atoms with Crippen molar-refractivity contribution in [2.24, 2.45) is 0 Å². The van der Waals surface area contributed by atoms with E-state index in [-0.39, 0.29) is 5.82 Å². The summed E-state index contributed by atoms with van der Waals surface area (Å²) in [6, 6.07) is 2.79. The molecular formula is C15H22FN3O. The predicted molar refractivity (Wildman–Crippen MR) is 76.3 cm³/mol. The minimum Gasteiger partial charge on any atom is -0.383 e. The third-order valence-corrected chi connectivity index (χ3v) is 3.91. The van der Waals surface area contributed by atoms with Gasteiger partial charge in [0.15, 0.2) is 11.6 Å². The summed E-state index contributed by atoms with van der Waals surface area (Å²) in [4.78, 5) is 6.32. The average molecular weight is 279 g/mol. The van der Waals surface area contributed by atoms with Crippen LogP contribution in [-0.4, -0.2) is 37.3 Å². The van der Waals surface area contributed by atoms with Crippen LogP contribution in [0.3, 0.4) is 0 Å². The minimum atomic E-state index is -0.177. The summed E-state index contributed by atoms with van der Waals surface area (Å²) in [6.45, 7) is 1.89. The SMILES string of the molecule is COCCN(c1nccc(CNC2CC2)c1F)C1CC1. The van der Waals surface area contributed by atoms with Crippen LogP contribution in [0, 0.1) is 5.82 Å². The number of methoxy groups -OCH3 is 1. The molecule has 0 saturated heterocycles. The molecule has 2 aliphatic rings. The molecule has 0 unspecified atom stereocenters. The second kappa shape index (κ2) is 6.06. The summed E-state index contributed by atoms with van der Waals surface area (Å²) >= 11 is 0. The molecule has 20 heavy (non-hydrogen) atoms. The highest BCUT2D eigenvalue weighted by molar-refractivity contribution is 5.45. The van der Waals surface area contributed by atoms with Gasteiger partial charge in [0, 0.05) is 44.0 Å². The van der Waals surface area contributed by atoms with E-state index in [1.165, 1.54) is 12.8 Å². The molecule has 2 saturated carbocycles. The molecule has 0 aliphatic heterocycles. The van der Waals surface area contributed by atoms with Crippen molar-refractivity contribution in [3.05, 3.63) is 23.6 Å². The monoisotopic (exact) mass is 279 g/mol. The van der Waals surface area contributed by atoms with Crippen LogP contribution in [0.4, 0.5) is 10.2 Å². The summed E-state index contributed by atoms with van der Waals surface area (Å²) in [7, 11) is 1.67. The van der Waals surface area contributed by atoms with Gasteiger partial charge in [-0.3, -0.25) is 0 Å².